The molecule has 0 aliphatic heterocycles. The summed E-state index contributed by atoms with van der Waals surface area (Å²) >= 11 is 0. The van der Waals surface area contributed by atoms with Crippen LogP contribution >= 0.6 is 0 Å². The summed E-state index contributed by atoms with van der Waals surface area (Å²) in [4.78, 5) is 9.03. The second-order valence-electron chi connectivity index (χ2n) is 5.01. The molecule has 0 unspecified atom stereocenters. The first-order valence-corrected chi connectivity index (χ1v) is 8.22. The quantitative estimate of drug-likeness (QED) is 0.690. The van der Waals surface area contributed by atoms with Gasteiger partial charge in [0.1, 0.15) is 0 Å². The van der Waals surface area contributed by atoms with E-state index >= 15 is 0 Å². The molecule has 0 N–H and O–H groups in total. The molecule has 0 fully saturated rings. The third-order valence-corrected chi connectivity index (χ3v) is 4.24. The number of rotatable bonds is 4. The molecule has 0 saturated carbocycles. The van der Waals surface area contributed by atoms with Crippen LogP contribution in [0.15, 0.2) is 76.4 Å². The Morgan fingerprint density at radius 3 is 2.65 bits per heavy atom. The van der Waals surface area contributed by atoms with Gasteiger partial charge in [-0.2, -0.15) is 4.40 Å². The Bertz CT molecular complexity index is 846. The summed E-state index contributed by atoms with van der Waals surface area (Å²) in [5.41, 5.74) is 3.74. The highest BCUT2D eigenvalue weighted by Crippen LogP contribution is 2.16. The largest absolute Gasteiger partial charge is 0.261 e. The van der Waals surface area contributed by atoms with Gasteiger partial charge >= 0.3 is 0 Å². The van der Waals surface area contributed by atoms with E-state index in [1.165, 1.54) is 0 Å². The molecule has 1 heterocycles. The first-order valence-electron chi connectivity index (χ1n) is 7.11. The summed E-state index contributed by atoms with van der Waals surface area (Å²) in [7, 11) is -1.40. The zero-order chi connectivity index (χ0) is 16.1. The molecule has 23 heavy (non-hydrogen) atoms. The van der Waals surface area contributed by atoms with Crippen LogP contribution in [-0.2, 0) is 11.0 Å². The summed E-state index contributed by atoms with van der Waals surface area (Å²) in [5.74, 6) is 0. The predicted octanol–water partition coefficient (Wildman–Crippen LogP) is 3.59. The van der Waals surface area contributed by atoms with E-state index < -0.39 is 11.0 Å². The van der Waals surface area contributed by atoms with E-state index in [9.17, 15) is 4.21 Å². The van der Waals surface area contributed by atoms with E-state index in [1.807, 2.05) is 55.5 Å². The minimum absolute atomic E-state index is 0.692. The zero-order valence-corrected chi connectivity index (χ0v) is 13.4. The molecule has 1 atom stereocenters. The molecule has 0 radical (unpaired) electrons. The van der Waals surface area contributed by atoms with Crippen molar-refractivity contribution >= 4 is 17.2 Å². The van der Waals surface area contributed by atoms with Crippen LogP contribution in [0.3, 0.4) is 0 Å². The van der Waals surface area contributed by atoms with Crippen molar-refractivity contribution in [2.24, 2.45) is 4.40 Å². The highest BCUT2D eigenvalue weighted by atomic mass is 32.2. The van der Waals surface area contributed by atoms with Crippen molar-refractivity contribution in [2.45, 2.75) is 11.8 Å². The van der Waals surface area contributed by atoms with Crippen molar-refractivity contribution in [1.82, 2.24) is 9.97 Å². The number of benzene rings is 2. The van der Waals surface area contributed by atoms with Gasteiger partial charge in [-0.25, -0.2) is 4.21 Å². The second-order valence-corrected chi connectivity index (χ2v) is 6.19. The Kier molecular flexibility index (Phi) is 4.68. The molecular weight excluding hydrogens is 306 g/mol. The smallest absolute Gasteiger partial charge is 0.172 e. The maximum absolute atomic E-state index is 12.2. The lowest BCUT2D eigenvalue weighted by Gasteiger charge is -2.01. The first kappa shape index (κ1) is 15.2. The van der Waals surface area contributed by atoms with Gasteiger partial charge in [0.25, 0.3) is 0 Å². The molecule has 5 heteroatoms. The van der Waals surface area contributed by atoms with Gasteiger partial charge in [-0.15, -0.1) is 0 Å². The predicted molar refractivity (Wildman–Crippen MR) is 92.6 cm³/mol. The number of hydrogen-bond donors (Lipinski definition) is 0. The van der Waals surface area contributed by atoms with E-state index in [2.05, 4.69) is 14.4 Å². The van der Waals surface area contributed by atoms with Gasteiger partial charge in [-0.05, 0) is 30.7 Å². The van der Waals surface area contributed by atoms with Crippen molar-refractivity contribution in [1.29, 1.82) is 0 Å². The lowest BCUT2D eigenvalue weighted by molar-refractivity contribution is 0.684. The van der Waals surface area contributed by atoms with Crippen LogP contribution < -0.4 is 0 Å². The summed E-state index contributed by atoms with van der Waals surface area (Å²) < 4.78 is 16.3. The molecule has 2 aromatic carbocycles. The molecule has 0 aliphatic carbocycles. The van der Waals surface area contributed by atoms with Crippen LogP contribution in [0.5, 0.6) is 0 Å². The minimum Gasteiger partial charge on any atom is -0.261 e. The molecule has 0 amide bonds. The van der Waals surface area contributed by atoms with Gasteiger partial charge < -0.3 is 0 Å². The van der Waals surface area contributed by atoms with E-state index in [0.29, 0.717) is 4.90 Å². The Morgan fingerprint density at radius 2 is 1.91 bits per heavy atom. The van der Waals surface area contributed by atoms with Crippen LogP contribution in [0.4, 0.5) is 0 Å². The topological polar surface area (TPSA) is 55.2 Å². The fourth-order valence-corrected chi connectivity index (χ4v) is 2.76. The molecule has 4 nitrogen and oxygen atoms in total. The normalized spacial score (nSPS) is 12.4. The molecule has 3 aromatic rings. The molecule has 114 valence electrons. The van der Waals surface area contributed by atoms with Gasteiger partial charge in [0.05, 0.1) is 16.8 Å². The number of hydrogen-bond acceptors (Lipinski definition) is 3. The highest BCUT2D eigenvalue weighted by Gasteiger charge is 2.02. The molecule has 0 bridgehead atoms. The van der Waals surface area contributed by atoms with Gasteiger partial charge in [0.15, 0.2) is 11.0 Å². The summed E-state index contributed by atoms with van der Waals surface area (Å²) in [5, 5.41) is 0. The fourth-order valence-electron chi connectivity index (χ4n) is 2.05. The maximum atomic E-state index is 12.2. The molecule has 0 saturated heterocycles. The van der Waals surface area contributed by atoms with Gasteiger partial charge in [0.2, 0.25) is 0 Å². The van der Waals surface area contributed by atoms with Gasteiger partial charge in [-0.3, -0.25) is 9.97 Å². The molecule has 0 spiro atoms. The SMILES string of the molecule is Cc1ccc([S@@](=O)N=Cc2cccc(-c3cnccn3)c2)cc1. The lowest BCUT2D eigenvalue weighted by Crippen LogP contribution is -1.90. The number of aryl methyl sites for hydroxylation is 1. The Balaban J connectivity index is 1.80. The van der Waals surface area contributed by atoms with Crippen LogP contribution in [0.25, 0.3) is 11.3 Å². The minimum atomic E-state index is -1.40. The van der Waals surface area contributed by atoms with E-state index in [1.54, 1.807) is 24.8 Å². The van der Waals surface area contributed by atoms with E-state index in [4.69, 9.17) is 0 Å². The third-order valence-electron chi connectivity index (χ3n) is 3.27. The first-order chi connectivity index (χ1) is 11.2. The van der Waals surface area contributed by atoms with Gasteiger partial charge in [0, 0.05) is 24.2 Å². The standard InChI is InChI=1S/C18H15N3OS/c1-14-5-7-17(8-6-14)23(22)21-12-15-3-2-4-16(11-15)18-13-19-9-10-20-18/h2-13H,1H3/t23-/m1/s1. The third kappa shape index (κ3) is 3.96. The van der Waals surface area contributed by atoms with E-state index in [-0.39, 0.29) is 0 Å². The summed E-state index contributed by atoms with van der Waals surface area (Å²) in [6.07, 6.45) is 6.62. The number of nitrogens with zero attached hydrogens (tertiary/aromatic N) is 3. The average Bonchev–Trinajstić information content (AvgIpc) is 2.61. The molecule has 0 aliphatic rings. The van der Waals surface area contributed by atoms with Crippen molar-refractivity contribution in [3.63, 3.8) is 0 Å². The van der Waals surface area contributed by atoms with Crippen LogP contribution in [-0.4, -0.2) is 20.4 Å². The Labute approximate surface area is 137 Å². The zero-order valence-electron chi connectivity index (χ0n) is 12.6. The van der Waals surface area contributed by atoms with Crippen molar-refractivity contribution in [2.75, 3.05) is 0 Å². The second kappa shape index (κ2) is 7.07. The van der Waals surface area contributed by atoms with Crippen LogP contribution in [0, 0.1) is 6.92 Å². The van der Waals surface area contributed by atoms with Gasteiger partial charge in [-0.1, -0.05) is 35.9 Å². The summed E-state index contributed by atoms with van der Waals surface area (Å²) in [6.45, 7) is 1.99. The highest BCUT2D eigenvalue weighted by molar-refractivity contribution is 7.83. The van der Waals surface area contributed by atoms with Crippen LogP contribution in [0.2, 0.25) is 0 Å². The number of aromatic nitrogens is 2. The maximum Gasteiger partial charge on any atom is 0.172 e. The monoisotopic (exact) mass is 321 g/mol. The Hall–Kier alpha value is -2.66. The van der Waals surface area contributed by atoms with Crippen LogP contribution in [0.1, 0.15) is 11.1 Å². The van der Waals surface area contributed by atoms with Crippen molar-refractivity contribution in [3.8, 4) is 11.3 Å². The van der Waals surface area contributed by atoms with E-state index in [0.717, 1.165) is 22.4 Å². The Morgan fingerprint density at radius 1 is 1.09 bits per heavy atom. The molecule has 3 rings (SSSR count). The van der Waals surface area contributed by atoms with Crippen molar-refractivity contribution < 1.29 is 4.21 Å². The van der Waals surface area contributed by atoms with Crippen molar-refractivity contribution in [3.05, 3.63) is 78.2 Å². The molecule has 1 aromatic heterocycles. The average molecular weight is 321 g/mol. The lowest BCUT2D eigenvalue weighted by atomic mass is 10.1. The summed E-state index contributed by atoms with van der Waals surface area (Å²) in [6, 6.07) is 15.3. The fraction of sp³-hybridized carbons (Fsp3) is 0.0556. The molecular formula is C18H15N3OS.